The molecule has 3 fully saturated rings. The number of carbonyl (C=O) groups is 1. The summed E-state index contributed by atoms with van der Waals surface area (Å²) < 4.78 is 5.31. The van der Waals surface area contributed by atoms with Crippen molar-refractivity contribution in [2.24, 2.45) is 11.8 Å². The molecule has 2 saturated heterocycles. The van der Waals surface area contributed by atoms with Crippen molar-refractivity contribution in [1.82, 2.24) is 15.0 Å². The Labute approximate surface area is 157 Å². The second-order valence-corrected chi connectivity index (χ2v) is 8.64. The summed E-state index contributed by atoms with van der Waals surface area (Å²) in [6, 6.07) is 0.492. The van der Waals surface area contributed by atoms with Crippen molar-refractivity contribution in [2.45, 2.75) is 77.8 Å². The zero-order valence-electron chi connectivity index (χ0n) is 16.4. The molecule has 4 rings (SSSR count). The summed E-state index contributed by atoms with van der Waals surface area (Å²) in [5.74, 6) is 2.46. The van der Waals surface area contributed by atoms with Gasteiger partial charge in [0.25, 0.3) is 0 Å². The van der Waals surface area contributed by atoms with E-state index in [1.54, 1.807) is 0 Å². The Morgan fingerprint density at radius 1 is 1.04 bits per heavy atom. The molecule has 1 amide bonds. The van der Waals surface area contributed by atoms with Crippen LogP contribution in [0.4, 0.5) is 0 Å². The van der Waals surface area contributed by atoms with E-state index in [-0.39, 0.29) is 0 Å². The van der Waals surface area contributed by atoms with Gasteiger partial charge in [0, 0.05) is 30.6 Å². The van der Waals surface area contributed by atoms with Crippen LogP contribution in [0.25, 0.3) is 0 Å². The Morgan fingerprint density at radius 2 is 1.81 bits per heavy atom. The fraction of sp³-hybridized carbons (Fsp3) is 0.810. The largest absolute Gasteiger partial charge is 0.361 e. The van der Waals surface area contributed by atoms with Gasteiger partial charge in [-0.05, 0) is 71.4 Å². The minimum atomic E-state index is 0.357. The molecule has 3 heterocycles. The molecular formula is C21H33N3O2. The van der Waals surface area contributed by atoms with Crippen LogP contribution in [0.1, 0.15) is 68.4 Å². The molecule has 0 N–H and O–H groups in total. The van der Waals surface area contributed by atoms with Crippen molar-refractivity contribution in [1.29, 1.82) is 0 Å². The van der Waals surface area contributed by atoms with Gasteiger partial charge in [0.05, 0.1) is 5.69 Å². The van der Waals surface area contributed by atoms with Crippen LogP contribution in [0.3, 0.4) is 0 Å². The number of carbonyl (C=O) groups excluding carboxylic acids is 1. The lowest BCUT2D eigenvalue weighted by atomic mass is 9.85. The highest BCUT2D eigenvalue weighted by Crippen LogP contribution is 2.36. The molecular weight excluding hydrogens is 326 g/mol. The molecule has 144 valence electrons. The van der Waals surface area contributed by atoms with Crippen LogP contribution < -0.4 is 0 Å². The minimum Gasteiger partial charge on any atom is -0.361 e. The molecule has 5 heteroatoms. The highest BCUT2D eigenvalue weighted by molar-refractivity contribution is 5.81. The number of amides is 1. The molecule has 5 nitrogen and oxygen atoms in total. The second-order valence-electron chi connectivity index (χ2n) is 8.64. The van der Waals surface area contributed by atoms with Crippen LogP contribution in [0, 0.1) is 25.7 Å². The van der Waals surface area contributed by atoms with E-state index in [1.165, 1.54) is 44.1 Å². The van der Waals surface area contributed by atoms with Crippen molar-refractivity contribution in [3.05, 3.63) is 17.0 Å². The third-order valence-corrected chi connectivity index (χ3v) is 6.75. The molecule has 1 aromatic rings. The van der Waals surface area contributed by atoms with Crippen LogP contribution in [0.5, 0.6) is 0 Å². The van der Waals surface area contributed by atoms with Gasteiger partial charge in [0.15, 0.2) is 0 Å². The maximum absolute atomic E-state index is 12.8. The predicted octanol–water partition coefficient (Wildman–Crippen LogP) is 3.68. The Bertz CT molecular complexity index is 610. The maximum Gasteiger partial charge on any atom is 0.225 e. The molecule has 26 heavy (non-hydrogen) atoms. The van der Waals surface area contributed by atoms with E-state index in [2.05, 4.69) is 15.0 Å². The molecule has 2 aliphatic heterocycles. The molecule has 1 aliphatic carbocycles. The SMILES string of the molecule is Cc1noc(C)c1CN1CCC([C@@H]2CCCCCN2C(=O)C2CC2)CC1. The van der Waals surface area contributed by atoms with Crippen molar-refractivity contribution >= 4 is 5.91 Å². The van der Waals surface area contributed by atoms with Crippen LogP contribution in [-0.2, 0) is 11.3 Å². The summed E-state index contributed by atoms with van der Waals surface area (Å²) in [4.78, 5) is 17.7. The maximum atomic E-state index is 12.8. The highest BCUT2D eigenvalue weighted by Gasteiger charge is 2.39. The topological polar surface area (TPSA) is 49.6 Å². The van der Waals surface area contributed by atoms with Gasteiger partial charge >= 0.3 is 0 Å². The van der Waals surface area contributed by atoms with Gasteiger partial charge in [0.2, 0.25) is 5.91 Å². The molecule has 0 unspecified atom stereocenters. The Balaban J connectivity index is 1.37. The van der Waals surface area contributed by atoms with Crippen molar-refractivity contribution in [3.63, 3.8) is 0 Å². The first-order valence-electron chi connectivity index (χ1n) is 10.6. The quantitative estimate of drug-likeness (QED) is 0.823. The Kier molecular flexibility index (Phi) is 5.35. The van der Waals surface area contributed by atoms with E-state index in [9.17, 15) is 4.79 Å². The molecule has 0 bridgehead atoms. The number of hydrogen-bond acceptors (Lipinski definition) is 4. The molecule has 1 atom stereocenters. The average molecular weight is 360 g/mol. The minimum absolute atomic E-state index is 0.357. The summed E-state index contributed by atoms with van der Waals surface area (Å²) in [5, 5.41) is 4.09. The van der Waals surface area contributed by atoms with Crippen molar-refractivity contribution < 1.29 is 9.32 Å². The standard InChI is InChI=1S/C21H33N3O2/c1-15-19(16(2)26-22-15)14-23-12-9-17(10-13-23)20-6-4-3-5-11-24(20)21(25)18-7-8-18/h17-18,20H,3-14H2,1-2H3/t20-/m0/s1. The lowest BCUT2D eigenvalue weighted by molar-refractivity contribution is -0.136. The fourth-order valence-corrected chi connectivity index (χ4v) is 4.91. The molecule has 0 radical (unpaired) electrons. The molecule has 3 aliphatic rings. The van der Waals surface area contributed by atoms with E-state index < -0.39 is 0 Å². The van der Waals surface area contributed by atoms with Crippen LogP contribution in [0.15, 0.2) is 4.52 Å². The third-order valence-electron chi connectivity index (χ3n) is 6.75. The van der Waals surface area contributed by atoms with Gasteiger partial charge in [-0.1, -0.05) is 18.0 Å². The predicted molar refractivity (Wildman–Crippen MR) is 101 cm³/mol. The number of likely N-dealkylation sites (tertiary alicyclic amines) is 2. The molecule has 0 aromatic carbocycles. The second kappa shape index (κ2) is 7.71. The van der Waals surface area contributed by atoms with E-state index in [0.29, 0.717) is 23.8 Å². The van der Waals surface area contributed by atoms with Crippen LogP contribution in [-0.4, -0.2) is 46.5 Å². The first-order valence-corrected chi connectivity index (χ1v) is 10.6. The summed E-state index contributed by atoms with van der Waals surface area (Å²) in [7, 11) is 0. The zero-order valence-corrected chi connectivity index (χ0v) is 16.4. The van der Waals surface area contributed by atoms with E-state index in [4.69, 9.17) is 4.52 Å². The molecule has 1 aromatic heterocycles. The van der Waals surface area contributed by atoms with E-state index in [0.717, 1.165) is 50.5 Å². The first-order chi connectivity index (χ1) is 12.6. The number of hydrogen-bond donors (Lipinski definition) is 0. The third kappa shape index (κ3) is 3.83. The number of nitrogens with zero attached hydrogens (tertiary/aromatic N) is 3. The zero-order chi connectivity index (χ0) is 18.1. The van der Waals surface area contributed by atoms with Gasteiger partial charge in [0.1, 0.15) is 5.76 Å². The van der Waals surface area contributed by atoms with Gasteiger partial charge in [-0.3, -0.25) is 9.69 Å². The number of aromatic nitrogens is 1. The van der Waals surface area contributed by atoms with Gasteiger partial charge in [-0.2, -0.15) is 0 Å². The van der Waals surface area contributed by atoms with Crippen LogP contribution in [0.2, 0.25) is 0 Å². The highest BCUT2D eigenvalue weighted by atomic mass is 16.5. The summed E-state index contributed by atoms with van der Waals surface area (Å²) >= 11 is 0. The van der Waals surface area contributed by atoms with Crippen molar-refractivity contribution in [2.75, 3.05) is 19.6 Å². The summed E-state index contributed by atoms with van der Waals surface area (Å²) in [6.07, 6.45) is 9.65. The fourth-order valence-electron chi connectivity index (χ4n) is 4.91. The van der Waals surface area contributed by atoms with Gasteiger partial charge < -0.3 is 9.42 Å². The Hall–Kier alpha value is -1.36. The normalized spacial score (nSPS) is 26.1. The number of piperidine rings is 1. The smallest absolute Gasteiger partial charge is 0.225 e. The summed E-state index contributed by atoms with van der Waals surface area (Å²) in [5.41, 5.74) is 2.28. The van der Waals surface area contributed by atoms with Gasteiger partial charge in [-0.15, -0.1) is 0 Å². The van der Waals surface area contributed by atoms with Gasteiger partial charge in [-0.25, -0.2) is 0 Å². The van der Waals surface area contributed by atoms with Crippen molar-refractivity contribution in [3.8, 4) is 0 Å². The van der Waals surface area contributed by atoms with Crippen LogP contribution >= 0.6 is 0 Å². The first kappa shape index (κ1) is 18.0. The average Bonchev–Trinajstić information content (AvgIpc) is 3.47. The number of rotatable bonds is 4. The monoisotopic (exact) mass is 359 g/mol. The lowest BCUT2D eigenvalue weighted by Crippen LogP contribution is -2.48. The Morgan fingerprint density at radius 3 is 2.46 bits per heavy atom. The lowest BCUT2D eigenvalue weighted by Gasteiger charge is -2.41. The van der Waals surface area contributed by atoms with E-state index in [1.807, 2.05) is 13.8 Å². The summed E-state index contributed by atoms with van der Waals surface area (Å²) in [6.45, 7) is 8.23. The molecule has 1 saturated carbocycles. The van der Waals surface area contributed by atoms with E-state index >= 15 is 0 Å². The molecule has 0 spiro atoms. The number of aryl methyl sites for hydroxylation is 2.